The van der Waals surface area contributed by atoms with Crippen molar-refractivity contribution < 1.29 is 173 Å². The maximum atomic E-state index is 11.5. The molecule has 0 aliphatic heterocycles. The Balaban J connectivity index is -0.000000126. The number of pyridine rings is 1. The van der Waals surface area contributed by atoms with Crippen LogP contribution in [-0.2, 0) is 95.9 Å². The van der Waals surface area contributed by atoms with Gasteiger partial charge in [-0.2, -0.15) is 48.6 Å². The highest BCUT2D eigenvalue weighted by Gasteiger charge is 2.24. The molecule has 0 aliphatic rings. The summed E-state index contributed by atoms with van der Waals surface area (Å²) in [5.74, 6) is -9.90. The first kappa shape index (κ1) is 142. The van der Waals surface area contributed by atoms with Gasteiger partial charge in [0.25, 0.3) is 0 Å². The Bertz CT molecular complexity index is 3110. The number of aliphatic carboxylic acids is 8. The Labute approximate surface area is 757 Å². The molecule has 53 heteroatoms. The Morgan fingerprint density at radius 2 is 0.417 bits per heavy atom. The third kappa shape index (κ3) is 146. The maximum Gasteiger partial charge on any atom is 0.373 e. The summed E-state index contributed by atoms with van der Waals surface area (Å²) in [5, 5.41) is 106. The highest BCUT2D eigenvalue weighted by molar-refractivity contribution is 5.85. The van der Waals surface area contributed by atoms with E-state index in [1.165, 1.54) is 34.0 Å². The number of unbranched alkanes of at least 4 members (excludes halogenated alkanes) is 8. The zero-order valence-corrected chi connectivity index (χ0v) is 74.2. The summed E-state index contributed by atoms with van der Waals surface area (Å²) in [4.78, 5) is 250. The molecule has 4 rings (SSSR count). The van der Waals surface area contributed by atoms with E-state index < -0.39 is 96.0 Å². The molecule has 3 heterocycles. The average Bonchev–Trinajstić information content (AvgIpc) is 0.950. The van der Waals surface area contributed by atoms with Gasteiger partial charge in [-0.3, -0.25) is 60.9 Å². The molecule has 1 aromatic carbocycles. The van der Waals surface area contributed by atoms with Crippen LogP contribution in [0.2, 0.25) is 0 Å². The highest BCUT2D eigenvalue weighted by atomic mass is 18.2. The molecule has 12 amide bonds. The minimum absolute atomic E-state index is 0.0847. The van der Waals surface area contributed by atoms with Gasteiger partial charge in [0.05, 0.1) is 28.7 Å². The second-order valence-electron chi connectivity index (χ2n) is 23.4. The predicted octanol–water partition coefficient (Wildman–Crippen LogP) is 3.37. The first-order valence-electron chi connectivity index (χ1n) is 38.7. The van der Waals surface area contributed by atoms with E-state index in [1.54, 1.807) is 43.2 Å². The molecule has 0 bridgehead atoms. The number of carbonyl (C=O) groups is 16. The fraction of sp³-hybridized carbons (Fsp3) is 0.506. The lowest BCUT2D eigenvalue weighted by molar-refractivity contribution is -0.193. The van der Waals surface area contributed by atoms with E-state index in [9.17, 15) is 94.3 Å². The number of benzene rings is 1. The van der Waals surface area contributed by atoms with Gasteiger partial charge in [-0.1, -0.05) is 42.5 Å². The molecule has 49 nitrogen and oxygen atoms in total. The second kappa shape index (κ2) is 120. The lowest BCUT2D eigenvalue weighted by atomic mass is 10.1. The summed E-state index contributed by atoms with van der Waals surface area (Å²) in [6.45, 7) is 9.57. The molecule has 744 valence electrons. The summed E-state index contributed by atoms with van der Waals surface area (Å²) >= 11 is 0. The zero-order chi connectivity index (χ0) is 104. The molecule has 4 aromatic rings. The van der Waals surface area contributed by atoms with E-state index in [0.717, 1.165) is 51.4 Å². The van der Waals surface area contributed by atoms with Crippen molar-refractivity contribution in [2.75, 3.05) is 81.1 Å². The SMILES string of the molecule is CC(=O)NCCCCCNC(=O)N[C@@H](CCC(=O)O)C(=O)O.CC(=O)NCCCCCNC(=O)N[C@@H](CCC(=O)O)C(=O)O.CC(=O)NCCCCCNC(=O)N[C@@H](CCC(=O)O)C(=O)O.CC(=O)NCCCCCNC(=O)N[C@@H](CCC(=O)O)C(=O)O.C[18F].C[18F].C[18F].C[18F].O=C=O.O=C=O.O=C=O.O=C=O.c1ccccc1.c1ccncc1.c1ccnnc1.c1cncnc1. The van der Waals surface area contributed by atoms with Crippen molar-refractivity contribution in [2.24, 2.45) is 0 Å². The van der Waals surface area contributed by atoms with Crippen LogP contribution in [0.4, 0.5) is 36.7 Å². The first-order chi connectivity index (χ1) is 63.0. The van der Waals surface area contributed by atoms with Crippen LogP contribution in [-0.4, -0.2) is 291 Å². The summed E-state index contributed by atoms with van der Waals surface area (Å²) < 4.78 is 38.0. The van der Waals surface area contributed by atoms with Crippen LogP contribution in [0, 0.1) is 0 Å². The van der Waals surface area contributed by atoms with Crippen molar-refractivity contribution in [3.05, 3.63) is 116 Å². The van der Waals surface area contributed by atoms with E-state index in [-0.39, 0.29) is 99.6 Å². The molecule has 0 fully saturated rings. The molecule has 0 saturated carbocycles. The molecule has 132 heavy (non-hydrogen) atoms. The van der Waals surface area contributed by atoms with E-state index in [1.807, 2.05) is 66.7 Å². The van der Waals surface area contributed by atoms with Crippen molar-refractivity contribution in [3.8, 4) is 0 Å². The molecule has 0 aliphatic carbocycles. The Hall–Kier alpha value is -15.5. The Morgan fingerprint density at radius 3 is 0.530 bits per heavy atom. The first-order valence-corrected chi connectivity index (χ1v) is 38.7. The summed E-state index contributed by atoms with van der Waals surface area (Å²) in [6, 6.07) is 15.7. The highest BCUT2D eigenvalue weighted by Crippen LogP contribution is 2.03. The van der Waals surface area contributed by atoms with E-state index in [2.05, 4.69) is 89.0 Å². The molecular weight excluding hydrogens is 1770 g/mol. The predicted molar refractivity (Wildman–Crippen MR) is 452 cm³/mol. The smallest absolute Gasteiger partial charge is 0.373 e. The van der Waals surface area contributed by atoms with Crippen molar-refractivity contribution >= 4 is 120 Å². The fourth-order valence-corrected chi connectivity index (χ4v) is 7.71. The number of urea groups is 4. The number of alkyl halides is 4. The number of nitrogens with zero attached hydrogens (tertiary/aromatic N) is 5. The fourth-order valence-electron chi connectivity index (χ4n) is 7.71. The van der Waals surface area contributed by atoms with Crippen molar-refractivity contribution in [3.63, 3.8) is 0 Å². The summed E-state index contributed by atoms with van der Waals surface area (Å²) in [5.41, 5.74) is 0. The lowest BCUT2D eigenvalue weighted by Crippen LogP contribution is -2.46. The van der Waals surface area contributed by atoms with Gasteiger partial charge in [-0.15, -0.1) is 0 Å². The molecule has 3 aromatic heterocycles. The third-order valence-electron chi connectivity index (χ3n) is 13.2. The van der Waals surface area contributed by atoms with Crippen molar-refractivity contribution in [2.45, 2.75) is 180 Å². The molecule has 20 N–H and O–H groups in total. The zero-order valence-electron chi connectivity index (χ0n) is 74.2. The van der Waals surface area contributed by atoms with Gasteiger partial charge < -0.3 is 105 Å². The van der Waals surface area contributed by atoms with Gasteiger partial charge in [-0.25, -0.2) is 48.3 Å². The van der Waals surface area contributed by atoms with Gasteiger partial charge in [0.2, 0.25) is 23.6 Å². The minimum atomic E-state index is -1.27. The van der Waals surface area contributed by atoms with Gasteiger partial charge in [0.1, 0.15) is 30.5 Å². The van der Waals surface area contributed by atoms with E-state index in [0.29, 0.717) is 107 Å². The number of carboxylic acid groups (broad SMARTS) is 8. The number of hydrogen-bond acceptors (Lipinski definition) is 29. The topological polar surface area (TPSA) is 780 Å². The maximum absolute atomic E-state index is 11.5. The van der Waals surface area contributed by atoms with Crippen molar-refractivity contribution in [1.82, 2.24) is 89.0 Å². The summed E-state index contributed by atoms with van der Waals surface area (Å²) in [7, 11) is 2.00. The van der Waals surface area contributed by atoms with Crippen LogP contribution in [0.15, 0.2) is 116 Å². The van der Waals surface area contributed by atoms with E-state index in [4.69, 9.17) is 79.2 Å². The number of aromatic nitrogens is 5. The van der Waals surface area contributed by atoms with Gasteiger partial charge in [0.15, 0.2) is 0 Å². The number of amides is 12. The van der Waals surface area contributed by atoms with E-state index >= 15 is 0 Å². The van der Waals surface area contributed by atoms with Crippen LogP contribution in [0.3, 0.4) is 0 Å². The molecule has 0 spiro atoms. The largest absolute Gasteiger partial charge is 0.481 e. The van der Waals surface area contributed by atoms with Crippen molar-refractivity contribution in [1.29, 1.82) is 0 Å². The summed E-state index contributed by atoms with van der Waals surface area (Å²) in [6.07, 6.45) is 19.8. The number of halogens is 4. The standard InChI is InChI=1S/4C13H23N3O6.C6H6.C5H5N.2C4H4N2.4CH3F.4CO2/c4*1-9(17)14-7-3-2-4-8-15-13(22)16-10(12(20)21)5-6-11(18)19;2*1-2-4-6-5-3-1;1-2-5-4-6-3-1;1-2-4-6-5-3-1;4*1-2;4*2-1-3/h4*10H,2-8H2,1H3,(H,14,17)(H,18,19)(H,20,21)(H2,15,16,22);1-6H;1-5H;2*1-4H;4*1H3;;;;/t4*10-;;;;;;;;;;;;/m0000............/s1/i;;;;;;;;4*2-1;;;;. The van der Waals surface area contributed by atoms with Gasteiger partial charge in [-0.05, 0) is 133 Å². The molecule has 0 radical (unpaired) electrons. The van der Waals surface area contributed by atoms with Crippen LogP contribution < -0.4 is 63.8 Å². The molecule has 0 saturated heterocycles. The van der Waals surface area contributed by atoms with Crippen LogP contribution in [0.5, 0.6) is 0 Å². The molecular formula is C79H123F4N17O32. The molecule has 0 unspecified atom stereocenters. The average molecular weight is 1890 g/mol. The van der Waals surface area contributed by atoms with Gasteiger partial charge >= 0.3 is 96.5 Å². The van der Waals surface area contributed by atoms with Crippen LogP contribution in [0.25, 0.3) is 0 Å². The number of carbonyl (C=O) groups excluding carboxylic acids is 16. The monoisotopic (exact) mass is 1890 g/mol. The normalized spacial score (nSPS) is 9.42. The number of nitrogens with one attached hydrogen (secondary N) is 12. The Kier molecular flexibility index (Phi) is 129. The lowest BCUT2D eigenvalue weighted by Gasteiger charge is -2.14. The number of carboxylic acids is 8. The van der Waals surface area contributed by atoms with Crippen LogP contribution >= 0.6 is 0 Å². The number of rotatable bonds is 44. The quantitative estimate of drug-likeness (QED) is 0.0223. The third-order valence-corrected chi connectivity index (χ3v) is 13.2. The molecule has 4 atom stereocenters. The Morgan fingerprint density at radius 1 is 0.250 bits per heavy atom. The van der Waals surface area contributed by atoms with Gasteiger partial charge in [0, 0.05) is 143 Å². The minimum Gasteiger partial charge on any atom is -0.481 e. The van der Waals surface area contributed by atoms with Crippen LogP contribution in [0.1, 0.15) is 156 Å². The second-order valence-corrected chi connectivity index (χ2v) is 23.4. The number of hydrogen-bond donors (Lipinski definition) is 20.